The van der Waals surface area contributed by atoms with Gasteiger partial charge in [0.25, 0.3) is 5.91 Å². The summed E-state index contributed by atoms with van der Waals surface area (Å²) in [6, 6.07) is 12.4. The van der Waals surface area contributed by atoms with Crippen LogP contribution in [0.3, 0.4) is 0 Å². The summed E-state index contributed by atoms with van der Waals surface area (Å²) in [4.78, 5) is 48.8. The summed E-state index contributed by atoms with van der Waals surface area (Å²) in [5, 5.41) is 11.1. The largest absolute Gasteiger partial charge is 0.494 e. The number of aliphatic hydroxyl groups is 1. The van der Waals surface area contributed by atoms with Crippen LogP contribution in [0.25, 0.3) is 0 Å². The lowest BCUT2D eigenvalue weighted by Crippen LogP contribution is -2.60. The number of halogens is 2. The predicted octanol–water partition coefficient (Wildman–Crippen LogP) is 5.63. The van der Waals surface area contributed by atoms with Crippen molar-refractivity contribution in [2.75, 3.05) is 36.1 Å². The highest BCUT2D eigenvalue weighted by Gasteiger charge is 2.77. The first-order valence-electron chi connectivity index (χ1n) is 16.2. The highest BCUT2D eigenvalue weighted by Crippen LogP contribution is 2.61. The highest BCUT2D eigenvalue weighted by atomic mass is 79.9. The average Bonchev–Trinajstić information content (AvgIpc) is 3.66. The third-order valence-corrected chi connectivity index (χ3v) is 11.0. The van der Waals surface area contributed by atoms with Gasteiger partial charge in [-0.2, -0.15) is 0 Å². The number of likely N-dealkylation sites (tertiary alicyclic amines) is 1. The van der Waals surface area contributed by atoms with Gasteiger partial charge in [-0.25, -0.2) is 0 Å². The summed E-state index contributed by atoms with van der Waals surface area (Å²) >= 11 is 10.4. The summed E-state index contributed by atoms with van der Waals surface area (Å²) in [6.07, 6.45) is 3.57. The molecule has 11 heteroatoms. The molecular weight excluding hydrogens is 686 g/mol. The van der Waals surface area contributed by atoms with Crippen molar-refractivity contribution in [1.29, 1.82) is 0 Å². The summed E-state index contributed by atoms with van der Waals surface area (Å²) in [7, 11) is 0. The third kappa shape index (κ3) is 6.03. The zero-order valence-electron chi connectivity index (χ0n) is 27.1. The molecule has 1 N–H and O–H groups in total. The minimum Gasteiger partial charge on any atom is -0.494 e. The molecule has 3 fully saturated rings. The van der Waals surface area contributed by atoms with E-state index in [1.165, 1.54) is 9.80 Å². The Balaban J connectivity index is 1.63. The van der Waals surface area contributed by atoms with Crippen LogP contribution in [0.2, 0.25) is 5.02 Å². The van der Waals surface area contributed by atoms with E-state index in [9.17, 15) is 19.5 Å². The second kappa shape index (κ2) is 14.5. The number of alkyl halides is 1. The molecule has 3 heterocycles. The molecular formula is C36H43BrClN3O6. The summed E-state index contributed by atoms with van der Waals surface area (Å²) in [6.45, 7) is 14.1. The molecule has 3 unspecified atom stereocenters. The Bertz CT molecular complexity index is 1510. The molecule has 3 aliphatic rings. The zero-order valence-corrected chi connectivity index (χ0v) is 29.4. The topological polar surface area (TPSA) is 99.6 Å². The van der Waals surface area contributed by atoms with E-state index in [0.29, 0.717) is 41.6 Å². The number of rotatable bonds is 14. The predicted molar refractivity (Wildman–Crippen MR) is 187 cm³/mol. The van der Waals surface area contributed by atoms with Crippen LogP contribution in [0.1, 0.15) is 33.6 Å². The number of ether oxygens (including phenoxy) is 2. The van der Waals surface area contributed by atoms with Crippen LogP contribution < -0.4 is 14.5 Å². The van der Waals surface area contributed by atoms with Gasteiger partial charge in [0.1, 0.15) is 17.4 Å². The second-order valence-electron chi connectivity index (χ2n) is 12.4. The van der Waals surface area contributed by atoms with E-state index in [0.717, 1.165) is 0 Å². The van der Waals surface area contributed by atoms with E-state index < -0.39 is 41.5 Å². The molecule has 2 aromatic rings. The van der Waals surface area contributed by atoms with E-state index in [2.05, 4.69) is 29.1 Å². The smallest absolute Gasteiger partial charge is 0.253 e. The molecule has 0 saturated carbocycles. The molecule has 0 radical (unpaired) electrons. The van der Waals surface area contributed by atoms with Gasteiger partial charge in [-0.1, -0.05) is 72.1 Å². The molecule has 2 bridgehead atoms. The van der Waals surface area contributed by atoms with E-state index in [1.54, 1.807) is 65.6 Å². The fourth-order valence-corrected chi connectivity index (χ4v) is 8.76. The van der Waals surface area contributed by atoms with Gasteiger partial charge in [-0.05, 0) is 55.7 Å². The summed E-state index contributed by atoms with van der Waals surface area (Å²) in [5.41, 5.74) is -0.230. The maximum absolute atomic E-state index is 15.0. The van der Waals surface area contributed by atoms with Gasteiger partial charge >= 0.3 is 0 Å². The molecule has 0 aromatic heterocycles. The van der Waals surface area contributed by atoms with Crippen LogP contribution in [-0.2, 0) is 19.1 Å². The lowest BCUT2D eigenvalue weighted by molar-refractivity contribution is -0.145. The van der Waals surface area contributed by atoms with Gasteiger partial charge in [0.15, 0.2) is 0 Å². The third-order valence-electron chi connectivity index (χ3n) is 9.85. The number of fused-ring (bicyclic) bond motifs is 1. The fraction of sp³-hybridized carbons (Fsp3) is 0.472. The number of benzene rings is 2. The first kappa shape index (κ1) is 35.1. The molecule has 3 aliphatic heterocycles. The molecule has 47 heavy (non-hydrogen) atoms. The van der Waals surface area contributed by atoms with Gasteiger partial charge in [-0.15, -0.1) is 13.2 Å². The van der Waals surface area contributed by atoms with E-state index in [1.807, 2.05) is 20.8 Å². The normalized spacial score (nSPS) is 27.2. The molecule has 2 aromatic carbocycles. The van der Waals surface area contributed by atoms with E-state index in [-0.39, 0.29) is 42.3 Å². The number of aliphatic hydroxyl groups excluding tert-OH is 1. The monoisotopic (exact) mass is 727 g/mol. The van der Waals surface area contributed by atoms with Gasteiger partial charge in [0.2, 0.25) is 11.8 Å². The van der Waals surface area contributed by atoms with Crippen LogP contribution in [-0.4, -0.2) is 82.6 Å². The Hall–Kier alpha value is -3.18. The Labute approximate surface area is 290 Å². The maximum atomic E-state index is 15.0. The Morgan fingerprint density at radius 3 is 2.38 bits per heavy atom. The fourth-order valence-electron chi connectivity index (χ4n) is 7.58. The van der Waals surface area contributed by atoms with Crippen molar-refractivity contribution in [2.45, 2.75) is 62.2 Å². The SMILES string of the molecule is C=CCN(C(=O)[C@H]1[C@H]2C(=O)N([C@@H](CO)[C@@H](C)CC)C(C(=O)N(CC=C)c3ccccc3Cl)C23CC(Br)[C@@H]1O3)c1ccc(OCC)cc1. The number of hydrogen-bond acceptors (Lipinski definition) is 6. The van der Waals surface area contributed by atoms with Crippen molar-refractivity contribution in [1.82, 2.24) is 4.90 Å². The minimum absolute atomic E-state index is 0.128. The molecule has 3 saturated heterocycles. The lowest BCUT2D eigenvalue weighted by atomic mass is 9.70. The zero-order chi connectivity index (χ0) is 34.0. The standard InChI is InChI=1S/C36H43BrClN3O6/c1-6-18-39(23-14-16-24(17-15-23)46-9-4)33(43)29-30-34(44)41(28(21-42)22(5)8-3)32(36(30)20-25(37)31(29)47-36)35(45)40(19-7-2)27-13-11-10-12-26(27)38/h6-7,10-17,22,25,28-32,42H,1-2,8-9,18-21H2,3-5H3/t22-,25?,28-,29-,30-,31-,32?,36?/m0/s1. The van der Waals surface area contributed by atoms with Crippen LogP contribution in [0, 0.1) is 17.8 Å². The van der Waals surface area contributed by atoms with Crippen molar-refractivity contribution in [2.24, 2.45) is 17.8 Å². The van der Waals surface area contributed by atoms with Crippen molar-refractivity contribution in [3.63, 3.8) is 0 Å². The van der Waals surface area contributed by atoms with E-state index in [4.69, 9.17) is 21.1 Å². The number of nitrogens with zero attached hydrogens (tertiary/aromatic N) is 3. The Kier molecular flexibility index (Phi) is 10.9. The number of carbonyl (C=O) groups excluding carboxylic acids is 3. The van der Waals surface area contributed by atoms with Crippen molar-refractivity contribution in [3.8, 4) is 5.75 Å². The minimum atomic E-state index is -1.33. The van der Waals surface area contributed by atoms with Crippen molar-refractivity contribution in [3.05, 3.63) is 78.9 Å². The molecule has 8 atom stereocenters. The first-order chi connectivity index (χ1) is 22.6. The van der Waals surface area contributed by atoms with Crippen molar-refractivity contribution < 1.29 is 29.0 Å². The van der Waals surface area contributed by atoms with Gasteiger partial charge < -0.3 is 29.3 Å². The number of hydrogen-bond donors (Lipinski definition) is 1. The Morgan fingerprint density at radius 2 is 1.79 bits per heavy atom. The van der Waals surface area contributed by atoms with Gasteiger partial charge in [0.05, 0.1) is 47.9 Å². The van der Waals surface area contributed by atoms with Crippen LogP contribution in [0.15, 0.2) is 73.8 Å². The number of carbonyl (C=O) groups is 3. The first-order valence-corrected chi connectivity index (χ1v) is 17.5. The molecule has 3 amide bonds. The highest BCUT2D eigenvalue weighted by molar-refractivity contribution is 9.09. The lowest BCUT2D eigenvalue weighted by Gasteiger charge is -2.41. The maximum Gasteiger partial charge on any atom is 0.253 e. The molecule has 0 aliphatic carbocycles. The number of amides is 3. The summed E-state index contributed by atoms with van der Waals surface area (Å²) in [5.74, 6) is -2.38. The number of anilines is 2. The second-order valence-corrected chi connectivity index (χ2v) is 14.0. The average molecular weight is 729 g/mol. The summed E-state index contributed by atoms with van der Waals surface area (Å²) < 4.78 is 12.4. The van der Waals surface area contributed by atoms with Gasteiger partial charge in [0, 0.05) is 23.6 Å². The van der Waals surface area contributed by atoms with E-state index >= 15 is 0 Å². The quantitative estimate of drug-likeness (QED) is 0.200. The van der Waals surface area contributed by atoms with Crippen LogP contribution in [0.4, 0.5) is 11.4 Å². The van der Waals surface area contributed by atoms with Gasteiger partial charge in [-0.3, -0.25) is 14.4 Å². The Morgan fingerprint density at radius 1 is 1.13 bits per heavy atom. The van der Waals surface area contributed by atoms with Crippen LogP contribution >= 0.6 is 27.5 Å². The molecule has 252 valence electrons. The van der Waals surface area contributed by atoms with Crippen LogP contribution in [0.5, 0.6) is 5.75 Å². The van der Waals surface area contributed by atoms with Crippen molar-refractivity contribution >= 4 is 56.6 Å². The number of para-hydroxylation sites is 1. The molecule has 1 spiro atoms. The molecule has 5 rings (SSSR count). The molecule has 9 nitrogen and oxygen atoms in total.